The number of aromatic nitrogens is 2. The van der Waals surface area contributed by atoms with Crippen molar-refractivity contribution in [3.8, 4) is 17.1 Å². The van der Waals surface area contributed by atoms with E-state index in [-0.39, 0.29) is 11.3 Å². The number of imidazole rings is 1. The van der Waals surface area contributed by atoms with Crippen molar-refractivity contribution >= 4 is 51.7 Å². The molecule has 0 aliphatic heterocycles. The fourth-order valence-corrected chi connectivity index (χ4v) is 4.07. The standard InChI is InChI=1S/C22H17ClN4O4S/c1-31-19-11-18(27(29)30)14(10-20(19)32-2)22(28)24-12-7-8-16-17(9-12)26-21(25-16)13-5-3-4-6-15(13)23/h3-11H,1-2H3,(H,24,28)(H,25,26). The Morgan fingerprint density at radius 3 is 2.69 bits per heavy atom. The van der Waals surface area contributed by atoms with Crippen LogP contribution in [0.2, 0.25) is 5.02 Å². The van der Waals surface area contributed by atoms with Crippen molar-refractivity contribution in [2.45, 2.75) is 4.90 Å². The smallest absolute Gasteiger partial charge is 0.285 e. The molecule has 1 heterocycles. The van der Waals surface area contributed by atoms with Gasteiger partial charge in [0.2, 0.25) is 0 Å². The average Bonchev–Trinajstić information content (AvgIpc) is 3.21. The number of hydrogen-bond acceptors (Lipinski definition) is 6. The maximum atomic E-state index is 12.9. The Morgan fingerprint density at radius 2 is 2.00 bits per heavy atom. The number of carbonyl (C=O) groups excluding carboxylic acids is 1. The molecule has 0 aliphatic carbocycles. The van der Waals surface area contributed by atoms with Gasteiger partial charge in [-0.05, 0) is 42.7 Å². The normalized spacial score (nSPS) is 10.8. The number of nitro benzene ring substituents is 1. The summed E-state index contributed by atoms with van der Waals surface area (Å²) in [4.78, 5) is 32.2. The minimum Gasteiger partial charge on any atom is -0.495 e. The first-order valence-corrected chi connectivity index (χ1v) is 11.0. The van der Waals surface area contributed by atoms with Crippen LogP contribution in [-0.2, 0) is 0 Å². The van der Waals surface area contributed by atoms with Crippen LogP contribution >= 0.6 is 23.4 Å². The topological polar surface area (TPSA) is 110 Å². The van der Waals surface area contributed by atoms with Gasteiger partial charge in [-0.15, -0.1) is 11.8 Å². The minimum atomic E-state index is -0.602. The molecule has 4 rings (SSSR count). The summed E-state index contributed by atoms with van der Waals surface area (Å²) in [6, 6.07) is 15.2. The Bertz CT molecular complexity index is 1360. The first-order valence-electron chi connectivity index (χ1n) is 9.37. The number of aromatic amines is 1. The number of hydrogen-bond donors (Lipinski definition) is 2. The molecular weight excluding hydrogens is 452 g/mol. The summed E-state index contributed by atoms with van der Waals surface area (Å²) >= 11 is 7.59. The molecule has 0 saturated heterocycles. The highest BCUT2D eigenvalue weighted by molar-refractivity contribution is 7.98. The molecule has 2 N–H and O–H groups in total. The van der Waals surface area contributed by atoms with Crippen LogP contribution in [0.5, 0.6) is 5.75 Å². The van der Waals surface area contributed by atoms with Crippen molar-refractivity contribution in [3.63, 3.8) is 0 Å². The zero-order valence-corrected chi connectivity index (χ0v) is 18.6. The highest BCUT2D eigenvalue weighted by Gasteiger charge is 2.24. The van der Waals surface area contributed by atoms with Crippen LogP contribution in [0.4, 0.5) is 11.4 Å². The van der Waals surface area contributed by atoms with E-state index in [0.717, 1.165) is 5.56 Å². The highest BCUT2D eigenvalue weighted by atomic mass is 35.5. The van der Waals surface area contributed by atoms with E-state index >= 15 is 0 Å². The fraction of sp³-hybridized carbons (Fsp3) is 0.0909. The number of rotatable bonds is 6. The lowest BCUT2D eigenvalue weighted by atomic mass is 10.1. The van der Waals surface area contributed by atoms with Gasteiger partial charge in [0.05, 0.1) is 39.1 Å². The molecular formula is C22H17ClN4O4S. The van der Waals surface area contributed by atoms with Crippen LogP contribution in [0.3, 0.4) is 0 Å². The zero-order chi connectivity index (χ0) is 22.8. The van der Waals surface area contributed by atoms with E-state index < -0.39 is 10.8 Å². The minimum absolute atomic E-state index is 0.0541. The third-order valence-corrected chi connectivity index (χ3v) is 5.90. The number of nitrogens with zero attached hydrogens (tertiary/aromatic N) is 2. The second kappa shape index (κ2) is 8.89. The van der Waals surface area contributed by atoms with Crippen molar-refractivity contribution in [2.24, 2.45) is 0 Å². The number of nitrogens with one attached hydrogen (secondary N) is 2. The van der Waals surface area contributed by atoms with Crippen molar-refractivity contribution < 1.29 is 14.5 Å². The summed E-state index contributed by atoms with van der Waals surface area (Å²) in [6.45, 7) is 0. The molecule has 0 bridgehead atoms. The molecule has 1 amide bonds. The molecule has 0 aliphatic rings. The lowest BCUT2D eigenvalue weighted by Crippen LogP contribution is -2.14. The number of anilines is 1. The first-order chi connectivity index (χ1) is 15.4. The summed E-state index contributed by atoms with van der Waals surface area (Å²) in [6.07, 6.45) is 1.80. The number of ether oxygens (including phenoxy) is 1. The van der Waals surface area contributed by atoms with E-state index in [9.17, 15) is 14.9 Å². The van der Waals surface area contributed by atoms with E-state index in [1.165, 1.54) is 31.0 Å². The van der Waals surface area contributed by atoms with Crippen LogP contribution in [0, 0.1) is 10.1 Å². The van der Waals surface area contributed by atoms with E-state index in [2.05, 4.69) is 15.3 Å². The predicted octanol–water partition coefficient (Wildman–Crippen LogP) is 5.77. The second-order valence-electron chi connectivity index (χ2n) is 6.73. The van der Waals surface area contributed by atoms with Gasteiger partial charge in [0.1, 0.15) is 17.1 Å². The first kappa shape index (κ1) is 21.7. The van der Waals surface area contributed by atoms with Gasteiger partial charge in [-0.3, -0.25) is 14.9 Å². The summed E-state index contributed by atoms with van der Waals surface area (Å²) in [5, 5.41) is 14.8. The molecule has 8 nitrogen and oxygen atoms in total. The lowest BCUT2D eigenvalue weighted by Gasteiger charge is -2.10. The van der Waals surface area contributed by atoms with Gasteiger partial charge in [-0.2, -0.15) is 0 Å². The number of amides is 1. The highest BCUT2D eigenvalue weighted by Crippen LogP contribution is 2.35. The lowest BCUT2D eigenvalue weighted by molar-refractivity contribution is -0.385. The number of fused-ring (bicyclic) bond motifs is 1. The molecule has 0 saturated carbocycles. The van der Waals surface area contributed by atoms with Crippen LogP contribution in [0.15, 0.2) is 59.5 Å². The maximum Gasteiger partial charge on any atom is 0.285 e. The summed E-state index contributed by atoms with van der Waals surface area (Å²) in [7, 11) is 1.43. The Kier molecular flexibility index (Phi) is 6.02. The number of carbonyl (C=O) groups is 1. The molecule has 4 aromatic rings. The maximum absolute atomic E-state index is 12.9. The molecule has 0 atom stereocenters. The number of benzene rings is 3. The molecule has 0 fully saturated rings. The van der Waals surface area contributed by atoms with Gasteiger partial charge in [0, 0.05) is 11.3 Å². The quantitative estimate of drug-likeness (QED) is 0.211. The Labute approximate surface area is 192 Å². The fourth-order valence-electron chi connectivity index (χ4n) is 3.27. The number of methoxy groups -OCH3 is 1. The third-order valence-electron chi connectivity index (χ3n) is 4.81. The second-order valence-corrected chi connectivity index (χ2v) is 7.99. The van der Waals surface area contributed by atoms with E-state index in [4.69, 9.17) is 16.3 Å². The Morgan fingerprint density at radius 1 is 1.22 bits per heavy atom. The number of H-pyrrole nitrogens is 1. The van der Waals surface area contributed by atoms with Crippen LogP contribution in [0.25, 0.3) is 22.4 Å². The Balaban J connectivity index is 1.67. The van der Waals surface area contributed by atoms with Crippen LogP contribution in [0.1, 0.15) is 10.4 Å². The number of halogens is 1. The monoisotopic (exact) mass is 468 g/mol. The molecule has 32 heavy (non-hydrogen) atoms. The average molecular weight is 469 g/mol. The zero-order valence-electron chi connectivity index (χ0n) is 17.0. The molecule has 162 valence electrons. The predicted molar refractivity (Wildman–Crippen MR) is 126 cm³/mol. The number of nitro groups is 1. The van der Waals surface area contributed by atoms with Gasteiger partial charge in [0.25, 0.3) is 11.6 Å². The largest absolute Gasteiger partial charge is 0.495 e. The SMILES string of the molecule is COc1cc([N+](=O)[O-])c(C(=O)Nc2ccc3nc(-c4ccccc4Cl)[nH]c3c2)cc1SC. The molecule has 3 aromatic carbocycles. The van der Waals surface area contributed by atoms with Crippen molar-refractivity contribution in [1.29, 1.82) is 0 Å². The van der Waals surface area contributed by atoms with Gasteiger partial charge >= 0.3 is 0 Å². The summed E-state index contributed by atoms with van der Waals surface area (Å²) in [5.41, 5.74) is 2.22. The van der Waals surface area contributed by atoms with Gasteiger partial charge in [-0.1, -0.05) is 23.7 Å². The molecule has 0 unspecified atom stereocenters. The van der Waals surface area contributed by atoms with Crippen molar-refractivity contribution in [1.82, 2.24) is 9.97 Å². The van der Waals surface area contributed by atoms with Crippen LogP contribution < -0.4 is 10.1 Å². The summed E-state index contributed by atoms with van der Waals surface area (Å²) in [5.74, 6) is 0.344. The summed E-state index contributed by atoms with van der Waals surface area (Å²) < 4.78 is 5.20. The van der Waals surface area contributed by atoms with Crippen molar-refractivity contribution in [3.05, 3.63) is 75.3 Å². The third kappa shape index (κ3) is 4.12. The van der Waals surface area contributed by atoms with Crippen molar-refractivity contribution in [2.75, 3.05) is 18.7 Å². The van der Waals surface area contributed by atoms with E-state index in [1.54, 1.807) is 30.5 Å². The Hall–Kier alpha value is -3.56. The van der Waals surface area contributed by atoms with E-state index in [1.807, 2.05) is 18.2 Å². The van der Waals surface area contributed by atoms with E-state index in [0.29, 0.717) is 38.2 Å². The molecule has 1 aromatic heterocycles. The molecule has 0 radical (unpaired) electrons. The van der Waals surface area contributed by atoms with Gasteiger partial charge in [-0.25, -0.2) is 4.98 Å². The molecule has 10 heteroatoms. The van der Waals surface area contributed by atoms with Crippen LogP contribution in [-0.4, -0.2) is 34.2 Å². The molecule has 0 spiro atoms. The van der Waals surface area contributed by atoms with Gasteiger partial charge in [0.15, 0.2) is 0 Å². The number of thioether (sulfide) groups is 1. The van der Waals surface area contributed by atoms with Gasteiger partial charge < -0.3 is 15.0 Å².